The van der Waals surface area contributed by atoms with E-state index >= 15 is 0 Å². The van der Waals surface area contributed by atoms with E-state index in [1.54, 1.807) is 6.20 Å². The Kier molecular flexibility index (Phi) is 2.42. The average molecular weight is 185 g/mol. The predicted molar refractivity (Wildman–Crippen MR) is 57.5 cm³/mol. The van der Waals surface area contributed by atoms with Crippen molar-refractivity contribution in [2.24, 2.45) is 5.84 Å². The van der Waals surface area contributed by atoms with E-state index in [9.17, 15) is 0 Å². The van der Waals surface area contributed by atoms with E-state index in [0.29, 0.717) is 0 Å². The number of anilines is 1. The van der Waals surface area contributed by atoms with Gasteiger partial charge in [0.1, 0.15) is 0 Å². The number of aromatic nitrogens is 1. The second kappa shape index (κ2) is 3.89. The van der Waals surface area contributed by atoms with Crippen LogP contribution in [-0.2, 0) is 0 Å². The molecule has 1 aromatic carbocycles. The zero-order valence-corrected chi connectivity index (χ0v) is 7.64. The lowest BCUT2D eigenvalue weighted by atomic mass is 10.1. The van der Waals surface area contributed by atoms with Gasteiger partial charge in [0.25, 0.3) is 0 Å². The van der Waals surface area contributed by atoms with Crippen molar-refractivity contribution in [2.75, 3.05) is 5.43 Å². The molecule has 3 heteroatoms. The van der Waals surface area contributed by atoms with Crippen LogP contribution in [0.1, 0.15) is 0 Å². The maximum Gasteiger partial charge on any atom is 0.0485 e. The van der Waals surface area contributed by atoms with E-state index < -0.39 is 0 Å². The summed E-state index contributed by atoms with van der Waals surface area (Å²) in [6.07, 6.45) is 3.60. The van der Waals surface area contributed by atoms with Crippen molar-refractivity contribution in [3.8, 4) is 11.1 Å². The van der Waals surface area contributed by atoms with Gasteiger partial charge in [-0.2, -0.15) is 0 Å². The van der Waals surface area contributed by atoms with Gasteiger partial charge in [0, 0.05) is 18.1 Å². The molecule has 1 aromatic heterocycles. The lowest BCUT2D eigenvalue weighted by Crippen LogP contribution is -2.05. The number of hydrogen-bond donors (Lipinski definition) is 2. The number of nitrogens with two attached hydrogens (primary N) is 1. The van der Waals surface area contributed by atoms with Crippen molar-refractivity contribution >= 4 is 5.69 Å². The van der Waals surface area contributed by atoms with Gasteiger partial charge in [0.2, 0.25) is 0 Å². The van der Waals surface area contributed by atoms with Gasteiger partial charge < -0.3 is 5.43 Å². The highest BCUT2D eigenvalue weighted by Crippen LogP contribution is 2.19. The molecule has 2 rings (SSSR count). The Bertz CT molecular complexity index is 395. The number of hydrogen-bond acceptors (Lipinski definition) is 3. The Balaban J connectivity index is 2.34. The fraction of sp³-hybridized carbons (Fsp3) is 0. The van der Waals surface area contributed by atoms with Crippen LogP contribution in [-0.4, -0.2) is 4.98 Å². The Morgan fingerprint density at radius 1 is 1.00 bits per heavy atom. The maximum atomic E-state index is 5.28. The van der Waals surface area contributed by atoms with Crippen LogP contribution >= 0.6 is 0 Å². The van der Waals surface area contributed by atoms with E-state index in [4.69, 9.17) is 5.84 Å². The smallest absolute Gasteiger partial charge is 0.0485 e. The van der Waals surface area contributed by atoms with Crippen molar-refractivity contribution < 1.29 is 0 Å². The predicted octanol–water partition coefficient (Wildman–Crippen LogP) is 2.03. The van der Waals surface area contributed by atoms with Gasteiger partial charge in [-0.05, 0) is 29.3 Å². The first kappa shape index (κ1) is 8.72. The number of nitrogens with zero attached hydrogens (tertiary/aromatic N) is 1. The first-order valence-electron chi connectivity index (χ1n) is 4.37. The lowest BCUT2D eigenvalue weighted by molar-refractivity contribution is 1.32. The minimum absolute atomic E-state index is 0.901. The van der Waals surface area contributed by atoms with Crippen LogP contribution in [0.3, 0.4) is 0 Å². The SMILES string of the molecule is NNc1ccc(-c2cccnc2)cc1. The third-order valence-corrected chi connectivity index (χ3v) is 2.05. The van der Waals surface area contributed by atoms with Crippen LogP contribution in [0.5, 0.6) is 0 Å². The number of rotatable bonds is 2. The third kappa shape index (κ3) is 1.72. The Labute approximate surface area is 82.6 Å². The van der Waals surface area contributed by atoms with Crippen molar-refractivity contribution in [3.63, 3.8) is 0 Å². The fourth-order valence-electron chi connectivity index (χ4n) is 1.29. The van der Waals surface area contributed by atoms with Crippen molar-refractivity contribution in [1.29, 1.82) is 0 Å². The van der Waals surface area contributed by atoms with Crippen molar-refractivity contribution in [2.45, 2.75) is 0 Å². The number of pyridine rings is 1. The van der Waals surface area contributed by atoms with Crippen LogP contribution in [0.15, 0.2) is 48.8 Å². The largest absolute Gasteiger partial charge is 0.324 e. The quantitative estimate of drug-likeness (QED) is 0.556. The average Bonchev–Trinajstić information content (AvgIpc) is 2.30. The molecule has 0 aliphatic carbocycles. The molecule has 0 unspecified atom stereocenters. The van der Waals surface area contributed by atoms with Gasteiger partial charge in [-0.1, -0.05) is 18.2 Å². The molecule has 70 valence electrons. The summed E-state index contributed by atoms with van der Waals surface area (Å²) >= 11 is 0. The van der Waals surface area contributed by atoms with Gasteiger partial charge in [-0.3, -0.25) is 10.8 Å². The molecule has 1 heterocycles. The number of nitrogens with one attached hydrogen (secondary N) is 1. The molecule has 14 heavy (non-hydrogen) atoms. The Morgan fingerprint density at radius 3 is 2.36 bits per heavy atom. The molecule has 0 bridgehead atoms. The molecule has 3 nitrogen and oxygen atoms in total. The molecule has 3 N–H and O–H groups in total. The molecule has 0 spiro atoms. The van der Waals surface area contributed by atoms with E-state index in [0.717, 1.165) is 16.8 Å². The lowest BCUT2D eigenvalue weighted by Gasteiger charge is -2.02. The van der Waals surface area contributed by atoms with Crippen LogP contribution < -0.4 is 11.3 Å². The summed E-state index contributed by atoms with van der Waals surface area (Å²) in [7, 11) is 0. The minimum Gasteiger partial charge on any atom is -0.324 e. The van der Waals surface area contributed by atoms with Gasteiger partial charge in [0.15, 0.2) is 0 Å². The standard InChI is InChI=1S/C11H11N3/c12-14-11-5-3-9(4-6-11)10-2-1-7-13-8-10/h1-8,14H,12H2. The van der Waals surface area contributed by atoms with Gasteiger partial charge in [-0.25, -0.2) is 0 Å². The highest BCUT2D eigenvalue weighted by atomic mass is 15.2. The van der Waals surface area contributed by atoms with Crippen LogP contribution in [0.4, 0.5) is 5.69 Å². The maximum absolute atomic E-state index is 5.28. The van der Waals surface area contributed by atoms with E-state index in [1.807, 2.05) is 42.6 Å². The molecular formula is C11H11N3. The molecule has 0 amide bonds. The number of hydrazine groups is 1. The summed E-state index contributed by atoms with van der Waals surface area (Å²) in [6.45, 7) is 0. The molecule has 0 fully saturated rings. The van der Waals surface area contributed by atoms with Crippen LogP contribution in [0.25, 0.3) is 11.1 Å². The van der Waals surface area contributed by atoms with E-state index in [1.165, 1.54) is 0 Å². The fourth-order valence-corrected chi connectivity index (χ4v) is 1.29. The molecule has 0 saturated carbocycles. The molecule has 0 saturated heterocycles. The second-order valence-electron chi connectivity index (χ2n) is 2.96. The van der Waals surface area contributed by atoms with Crippen molar-refractivity contribution in [3.05, 3.63) is 48.8 Å². The molecule has 0 atom stereocenters. The summed E-state index contributed by atoms with van der Waals surface area (Å²) in [5, 5.41) is 0. The zero-order valence-electron chi connectivity index (χ0n) is 7.64. The normalized spacial score (nSPS) is 9.79. The van der Waals surface area contributed by atoms with Gasteiger partial charge in [0.05, 0.1) is 0 Å². The summed E-state index contributed by atoms with van der Waals surface area (Å²) in [5.41, 5.74) is 5.73. The van der Waals surface area contributed by atoms with Crippen molar-refractivity contribution in [1.82, 2.24) is 4.98 Å². The van der Waals surface area contributed by atoms with E-state index in [2.05, 4.69) is 10.4 Å². The molecule has 0 radical (unpaired) electrons. The van der Waals surface area contributed by atoms with Gasteiger partial charge in [-0.15, -0.1) is 0 Å². The van der Waals surface area contributed by atoms with Gasteiger partial charge >= 0.3 is 0 Å². The summed E-state index contributed by atoms with van der Waals surface area (Å²) in [6, 6.07) is 11.8. The zero-order chi connectivity index (χ0) is 9.80. The minimum atomic E-state index is 0.901. The van der Waals surface area contributed by atoms with Crippen LogP contribution in [0, 0.1) is 0 Å². The summed E-state index contributed by atoms with van der Waals surface area (Å²) in [4.78, 5) is 4.06. The first-order valence-corrected chi connectivity index (χ1v) is 4.37. The highest BCUT2D eigenvalue weighted by Gasteiger charge is 1.95. The van der Waals surface area contributed by atoms with E-state index in [-0.39, 0.29) is 0 Å². The monoisotopic (exact) mass is 185 g/mol. The second-order valence-corrected chi connectivity index (χ2v) is 2.96. The highest BCUT2D eigenvalue weighted by molar-refractivity contribution is 5.64. The topological polar surface area (TPSA) is 50.9 Å². The molecule has 0 aliphatic heterocycles. The Morgan fingerprint density at radius 2 is 1.79 bits per heavy atom. The molecular weight excluding hydrogens is 174 g/mol. The Hall–Kier alpha value is -1.87. The summed E-state index contributed by atoms with van der Waals surface area (Å²) in [5.74, 6) is 5.28. The first-order chi connectivity index (χ1) is 6.90. The third-order valence-electron chi connectivity index (χ3n) is 2.05. The molecule has 0 aliphatic rings. The molecule has 2 aromatic rings. The number of benzene rings is 1. The number of nitrogen functional groups attached to an aromatic ring is 1. The summed E-state index contributed by atoms with van der Waals surface area (Å²) < 4.78 is 0. The van der Waals surface area contributed by atoms with Crippen LogP contribution in [0.2, 0.25) is 0 Å².